The first kappa shape index (κ1) is 14.3. The highest BCUT2D eigenvalue weighted by Crippen LogP contribution is 2.33. The van der Waals surface area contributed by atoms with Crippen LogP contribution in [0.15, 0.2) is 52.3 Å². The van der Waals surface area contributed by atoms with E-state index in [1.807, 2.05) is 49.6 Å². The largest absolute Gasteiger partial charge is 0.488 e. The Morgan fingerprint density at radius 3 is 3.00 bits per heavy atom. The molecule has 1 aliphatic rings. The van der Waals surface area contributed by atoms with E-state index in [-0.39, 0.29) is 11.7 Å². The molecule has 0 spiro atoms. The fourth-order valence-electron chi connectivity index (χ4n) is 3.08. The second-order valence-corrected chi connectivity index (χ2v) is 6.53. The molecule has 0 fully saturated rings. The van der Waals surface area contributed by atoms with Crippen molar-refractivity contribution in [1.82, 2.24) is 9.55 Å². The first-order valence-corrected chi connectivity index (χ1v) is 8.75. The van der Waals surface area contributed by atoms with E-state index in [4.69, 9.17) is 4.74 Å². The Morgan fingerprint density at radius 2 is 2.17 bits per heavy atom. The second-order valence-electron chi connectivity index (χ2n) is 5.65. The summed E-state index contributed by atoms with van der Waals surface area (Å²) in [5.74, 6) is 0.648. The molecular weight excluding hydrogens is 308 g/mol. The molecule has 1 aliphatic heterocycles. The van der Waals surface area contributed by atoms with Crippen molar-refractivity contribution in [3.63, 3.8) is 0 Å². The van der Waals surface area contributed by atoms with Gasteiger partial charge in [0.05, 0.1) is 16.8 Å². The number of benzene rings is 1. The topological polar surface area (TPSA) is 44.1 Å². The van der Waals surface area contributed by atoms with E-state index in [2.05, 4.69) is 4.98 Å². The van der Waals surface area contributed by atoms with E-state index in [1.165, 1.54) is 0 Å². The van der Waals surface area contributed by atoms with Crippen molar-refractivity contribution in [2.24, 2.45) is 0 Å². The van der Waals surface area contributed by atoms with Gasteiger partial charge in [0.2, 0.25) is 0 Å². The highest BCUT2D eigenvalue weighted by atomic mass is 32.2. The molecule has 2 aromatic heterocycles. The molecule has 0 N–H and O–H groups in total. The van der Waals surface area contributed by atoms with Crippen LogP contribution in [0.5, 0.6) is 5.75 Å². The summed E-state index contributed by atoms with van der Waals surface area (Å²) in [6, 6.07) is 11.8. The van der Waals surface area contributed by atoms with Gasteiger partial charge in [0.15, 0.2) is 5.75 Å². The zero-order valence-corrected chi connectivity index (χ0v) is 13.8. The average Bonchev–Trinajstić information content (AvgIpc) is 2.98. The summed E-state index contributed by atoms with van der Waals surface area (Å²) < 4.78 is 7.61. The number of hydrogen-bond acceptors (Lipinski definition) is 4. The van der Waals surface area contributed by atoms with Gasteiger partial charge in [-0.3, -0.25) is 14.3 Å². The molecule has 0 radical (unpaired) electrons. The van der Waals surface area contributed by atoms with Crippen LogP contribution in [0.1, 0.15) is 12.5 Å². The van der Waals surface area contributed by atoms with E-state index in [0.29, 0.717) is 12.2 Å². The zero-order chi connectivity index (χ0) is 16.0. The average molecular weight is 324 g/mol. The molecular formula is C18H16N2O2S. The third-order valence-electron chi connectivity index (χ3n) is 4.10. The molecule has 0 saturated carbocycles. The van der Waals surface area contributed by atoms with Gasteiger partial charge in [-0.05, 0) is 43.5 Å². The normalized spacial score (nSPS) is 16.3. The minimum Gasteiger partial charge on any atom is -0.488 e. The Labute approximate surface area is 138 Å². The van der Waals surface area contributed by atoms with Crippen LogP contribution in [-0.2, 0) is 6.42 Å². The molecule has 3 aromatic rings. The molecule has 1 atom stereocenters. The lowest BCUT2D eigenvalue weighted by Crippen LogP contribution is -2.22. The third kappa shape index (κ3) is 2.23. The SMILES string of the molecule is CSc1cccc(-n2c(=O)c3c(c4ncccc42)OC(C)C3)c1. The van der Waals surface area contributed by atoms with Crippen molar-refractivity contribution in [2.75, 3.05) is 6.26 Å². The predicted octanol–water partition coefficient (Wildman–Crippen LogP) is 3.43. The standard InChI is InChI=1S/C18H16N2O2S/c1-11-9-14-17(22-11)16-15(7-4-8-19-16)20(18(14)21)12-5-3-6-13(10-12)23-2/h3-8,10-11H,9H2,1-2H3. The van der Waals surface area contributed by atoms with Crippen molar-refractivity contribution in [3.8, 4) is 11.4 Å². The third-order valence-corrected chi connectivity index (χ3v) is 4.83. The van der Waals surface area contributed by atoms with E-state index in [1.54, 1.807) is 22.5 Å². The summed E-state index contributed by atoms with van der Waals surface area (Å²) >= 11 is 1.66. The van der Waals surface area contributed by atoms with Gasteiger partial charge in [0.25, 0.3) is 5.56 Å². The summed E-state index contributed by atoms with van der Waals surface area (Å²) in [6.45, 7) is 1.98. The predicted molar refractivity (Wildman–Crippen MR) is 92.9 cm³/mol. The van der Waals surface area contributed by atoms with Crippen LogP contribution in [0, 0.1) is 0 Å². The molecule has 0 saturated heterocycles. The molecule has 23 heavy (non-hydrogen) atoms. The molecule has 5 heteroatoms. The van der Waals surface area contributed by atoms with E-state index in [9.17, 15) is 4.79 Å². The van der Waals surface area contributed by atoms with E-state index >= 15 is 0 Å². The van der Waals surface area contributed by atoms with Gasteiger partial charge in [0, 0.05) is 17.5 Å². The second kappa shape index (κ2) is 5.42. The van der Waals surface area contributed by atoms with Crippen molar-refractivity contribution >= 4 is 22.8 Å². The Kier molecular flexibility index (Phi) is 3.38. The Morgan fingerprint density at radius 1 is 1.30 bits per heavy atom. The minimum absolute atomic E-state index is 0.0105. The lowest BCUT2D eigenvalue weighted by molar-refractivity contribution is 0.257. The molecule has 1 aromatic carbocycles. The monoisotopic (exact) mass is 324 g/mol. The van der Waals surface area contributed by atoms with Crippen LogP contribution in [0.25, 0.3) is 16.7 Å². The highest BCUT2D eigenvalue weighted by molar-refractivity contribution is 7.98. The number of rotatable bonds is 2. The van der Waals surface area contributed by atoms with Gasteiger partial charge in [0.1, 0.15) is 11.6 Å². The first-order valence-electron chi connectivity index (χ1n) is 7.52. The van der Waals surface area contributed by atoms with Gasteiger partial charge in [-0.1, -0.05) is 6.07 Å². The number of ether oxygens (including phenoxy) is 1. The van der Waals surface area contributed by atoms with Crippen LogP contribution in [0.4, 0.5) is 0 Å². The summed E-state index contributed by atoms with van der Waals surface area (Å²) in [4.78, 5) is 18.7. The van der Waals surface area contributed by atoms with Gasteiger partial charge in [-0.2, -0.15) is 0 Å². The van der Waals surface area contributed by atoms with Crippen molar-refractivity contribution in [2.45, 2.75) is 24.3 Å². The molecule has 1 unspecified atom stereocenters. The molecule has 4 nitrogen and oxygen atoms in total. The Bertz CT molecular complexity index is 965. The molecule has 0 bridgehead atoms. The molecule has 4 rings (SSSR count). The summed E-state index contributed by atoms with van der Waals surface area (Å²) in [5, 5.41) is 0. The number of aromatic nitrogens is 2. The number of pyridine rings is 2. The minimum atomic E-state index is -0.0110. The highest BCUT2D eigenvalue weighted by Gasteiger charge is 2.28. The Hall–Kier alpha value is -2.27. The van der Waals surface area contributed by atoms with Crippen molar-refractivity contribution in [1.29, 1.82) is 0 Å². The molecule has 0 aliphatic carbocycles. The number of thioether (sulfide) groups is 1. The summed E-state index contributed by atoms with van der Waals surface area (Å²) in [6.07, 6.45) is 4.40. The molecule has 116 valence electrons. The van der Waals surface area contributed by atoms with Crippen LogP contribution >= 0.6 is 11.8 Å². The molecule has 0 amide bonds. The lowest BCUT2D eigenvalue weighted by atomic mass is 10.1. The fraction of sp³-hybridized carbons (Fsp3) is 0.222. The van der Waals surface area contributed by atoms with Crippen LogP contribution < -0.4 is 10.3 Å². The smallest absolute Gasteiger partial charge is 0.262 e. The number of nitrogens with zero attached hydrogens (tertiary/aromatic N) is 2. The van der Waals surface area contributed by atoms with Crippen LogP contribution in [-0.4, -0.2) is 21.9 Å². The maximum atomic E-state index is 13.1. The number of fused-ring (bicyclic) bond motifs is 3. The maximum absolute atomic E-state index is 13.1. The summed E-state index contributed by atoms with van der Waals surface area (Å²) in [7, 11) is 0. The van der Waals surface area contributed by atoms with Gasteiger partial charge in [-0.15, -0.1) is 11.8 Å². The van der Waals surface area contributed by atoms with Crippen LogP contribution in [0.2, 0.25) is 0 Å². The van der Waals surface area contributed by atoms with Crippen molar-refractivity contribution in [3.05, 3.63) is 58.5 Å². The van der Waals surface area contributed by atoms with Gasteiger partial charge < -0.3 is 4.74 Å². The Balaban J connectivity index is 2.09. The summed E-state index contributed by atoms with van der Waals surface area (Å²) in [5.41, 5.74) is 3.10. The quantitative estimate of drug-likeness (QED) is 0.678. The van der Waals surface area contributed by atoms with E-state index < -0.39 is 0 Å². The van der Waals surface area contributed by atoms with Crippen molar-refractivity contribution < 1.29 is 4.74 Å². The maximum Gasteiger partial charge on any atom is 0.262 e. The van der Waals surface area contributed by atoms with Crippen LogP contribution in [0.3, 0.4) is 0 Å². The van der Waals surface area contributed by atoms with Gasteiger partial charge >= 0.3 is 0 Å². The first-order chi connectivity index (χ1) is 11.2. The van der Waals surface area contributed by atoms with Gasteiger partial charge in [-0.25, -0.2) is 0 Å². The number of hydrogen-bond donors (Lipinski definition) is 0. The zero-order valence-electron chi connectivity index (χ0n) is 12.9. The fourth-order valence-corrected chi connectivity index (χ4v) is 3.53. The molecule has 3 heterocycles. The lowest BCUT2D eigenvalue weighted by Gasteiger charge is -2.13. The van der Waals surface area contributed by atoms with E-state index in [0.717, 1.165) is 27.2 Å².